The Balaban J connectivity index is 1.37. The van der Waals surface area contributed by atoms with E-state index in [-0.39, 0.29) is 37.0 Å². The van der Waals surface area contributed by atoms with Gasteiger partial charge in [0.05, 0.1) is 17.9 Å². The number of fused-ring (bicyclic) bond motifs is 1. The Labute approximate surface area is 160 Å². The first-order valence-corrected chi connectivity index (χ1v) is 9.69. The molecule has 2 aliphatic heterocycles. The third-order valence-corrected chi connectivity index (χ3v) is 4.84. The van der Waals surface area contributed by atoms with Gasteiger partial charge in [-0.2, -0.15) is 0 Å². The topological polar surface area (TPSA) is 71.1 Å². The number of nitrogens with zero attached hydrogens (tertiary/aromatic N) is 2. The molecule has 1 aromatic rings. The number of nitrogens with one attached hydrogen (secondary N) is 1. The van der Waals surface area contributed by atoms with E-state index < -0.39 is 0 Å². The highest BCUT2D eigenvalue weighted by Gasteiger charge is 2.25. The van der Waals surface area contributed by atoms with Crippen LogP contribution in [0.4, 0.5) is 5.69 Å². The van der Waals surface area contributed by atoms with Crippen LogP contribution in [-0.2, 0) is 14.3 Å². The van der Waals surface area contributed by atoms with E-state index in [1.807, 2.05) is 24.3 Å². The molecule has 0 saturated carbocycles. The monoisotopic (exact) mass is 375 g/mol. The fourth-order valence-corrected chi connectivity index (χ4v) is 3.70. The van der Waals surface area contributed by atoms with E-state index in [4.69, 9.17) is 9.47 Å². The van der Waals surface area contributed by atoms with Crippen LogP contribution in [0.3, 0.4) is 0 Å². The number of carbonyl (C=O) groups excluding carboxylic acids is 2. The van der Waals surface area contributed by atoms with Crippen LogP contribution < -0.4 is 15.0 Å². The Morgan fingerprint density at radius 3 is 2.70 bits per heavy atom. The molecule has 0 aliphatic carbocycles. The molecule has 0 spiro atoms. The molecule has 7 heteroatoms. The molecule has 7 nitrogen and oxygen atoms in total. The second kappa shape index (κ2) is 9.19. The lowest BCUT2D eigenvalue weighted by Crippen LogP contribution is -2.46. The molecule has 1 saturated heterocycles. The van der Waals surface area contributed by atoms with E-state index in [2.05, 4.69) is 24.1 Å². The molecule has 1 fully saturated rings. The van der Waals surface area contributed by atoms with Gasteiger partial charge >= 0.3 is 0 Å². The SMILES string of the molecule is CC1CN(CCCNC(=O)CCN2C(=O)COc3ccccc32)CC(C)O1. The van der Waals surface area contributed by atoms with Crippen LogP contribution in [0.15, 0.2) is 24.3 Å². The predicted octanol–water partition coefficient (Wildman–Crippen LogP) is 1.42. The van der Waals surface area contributed by atoms with Crippen LogP contribution >= 0.6 is 0 Å². The number of carbonyl (C=O) groups is 2. The van der Waals surface area contributed by atoms with Crippen molar-refractivity contribution in [2.45, 2.75) is 38.9 Å². The summed E-state index contributed by atoms with van der Waals surface area (Å²) in [6, 6.07) is 7.41. The maximum Gasteiger partial charge on any atom is 0.265 e. The Bertz CT molecular complexity index is 656. The first kappa shape index (κ1) is 19.6. The van der Waals surface area contributed by atoms with Gasteiger partial charge in [-0.1, -0.05) is 12.1 Å². The molecule has 27 heavy (non-hydrogen) atoms. The molecule has 2 aliphatic rings. The van der Waals surface area contributed by atoms with Gasteiger partial charge in [-0.25, -0.2) is 0 Å². The number of para-hydroxylation sites is 2. The zero-order chi connectivity index (χ0) is 19.2. The summed E-state index contributed by atoms with van der Waals surface area (Å²) in [5.74, 6) is 0.541. The van der Waals surface area contributed by atoms with Crippen molar-refractivity contribution in [1.82, 2.24) is 10.2 Å². The fraction of sp³-hybridized carbons (Fsp3) is 0.600. The number of amides is 2. The van der Waals surface area contributed by atoms with Gasteiger partial charge in [0.2, 0.25) is 5.91 Å². The Morgan fingerprint density at radius 1 is 1.19 bits per heavy atom. The highest BCUT2D eigenvalue weighted by atomic mass is 16.5. The van der Waals surface area contributed by atoms with Crippen LogP contribution in [0.25, 0.3) is 0 Å². The maximum absolute atomic E-state index is 12.1. The van der Waals surface area contributed by atoms with Gasteiger partial charge < -0.3 is 19.7 Å². The molecule has 3 rings (SSSR count). The van der Waals surface area contributed by atoms with Gasteiger partial charge in [-0.05, 0) is 32.4 Å². The number of benzene rings is 1. The number of hydrogen-bond donors (Lipinski definition) is 1. The summed E-state index contributed by atoms with van der Waals surface area (Å²) < 4.78 is 11.2. The summed E-state index contributed by atoms with van der Waals surface area (Å²) in [7, 11) is 0. The molecule has 0 aromatic heterocycles. The molecule has 2 heterocycles. The third kappa shape index (κ3) is 5.43. The van der Waals surface area contributed by atoms with Crippen molar-refractivity contribution in [3.8, 4) is 5.75 Å². The fourth-order valence-electron chi connectivity index (χ4n) is 3.70. The molecule has 148 valence electrons. The summed E-state index contributed by atoms with van der Waals surface area (Å²) in [5, 5.41) is 2.96. The highest BCUT2D eigenvalue weighted by Crippen LogP contribution is 2.31. The van der Waals surface area contributed by atoms with Gasteiger partial charge in [-0.3, -0.25) is 14.5 Å². The zero-order valence-electron chi connectivity index (χ0n) is 16.1. The quantitative estimate of drug-likeness (QED) is 0.730. The first-order chi connectivity index (χ1) is 13.0. The summed E-state index contributed by atoms with van der Waals surface area (Å²) >= 11 is 0. The van der Waals surface area contributed by atoms with E-state index in [1.165, 1.54) is 0 Å². The molecule has 1 aromatic carbocycles. The average Bonchev–Trinajstić information content (AvgIpc) is 2.63. The first-order valence-electron chi connectivity index (χ1n) is 9.69. The number of hydrogen-bond acceptors (Lipinski definition) is 5. The molecular weight excluding hydrogens is 346 g/mol. The van der Waals surface area contributed by atoms with E-state index in [0.29, 0.717) is 18.8 Å². The van der Waals surface area contributed by atoms with Crippen LogP contribution in [0.2, 0.25) is 0 Å². The lowest BCUT2D eigenvalue weighted by molar-refractivity contribution is -0.122. The average molecular weight is 375 g/mol. The molecular formula is C20H29N3O4. The van der Waals surface area contributed by atoms with Crippen molar-refractivity contribution in [1.29, 1.82) is 0 Å². The summed E-state index contributed by atoms with van der Waals surface area (Å²) in [4.78, 5) is 28.3. The lowest BCUT2D eigenvalue weighted by atomic mass is 10.2. The van der Waals surface area contributed by atoms with E-state index in [1.54, 1.807) is 4.90 Å². The Kier molecular flexibility index (Phi) is 6.68. The zero-order valence-corrected chi connectivity index (χ0v) is 16.1. The maximum atomic E-state index is 12.1. The van der Waals surface area contributed by atoms with E-state index >= 15 is 0 Å². The van der Waals surface area contributed by atoms with Gasteiger partial charge in [0, 0.05) is 39.1 Å². The Morgan fingerprint density at radius 2 is 1.93 bits per heavy atom. The molecule has 2 unspecified atom stereocenters. The van der Waals surface area contributed by atoms with Crippen LogP contribution in [-0.4, -0.2) is 68.3 Å². The largest absolute Gasteiger partial charge is 0.482 e. The summed E-state index contributed by atoms with van der Waals surface area (Å²) in [5.41, 5.74) is 0.733. The predicted molar refractivity (Wildman–Crippen MR) is 103 cm³/mol. The van der Waals surface area contributed by atoms with E-state index in [0.717, 1.165) is 31.7 Å². The normalized spacial score (nSPS) is 22.9. The molecule has 0 bridgehead atoms. The highest BCUT2D eigenvalue weighted by molar-refractivity contribution is 5.98. The molecule has 1 N–H and O–H groups in total. The van der Waals surface area contributed by atoms with E-state index in [9.17, 15) is 9.59 Å². The van der Waals surface area contributed by atoms with Gasteiger partial charge in [0.15, 0.2) is 6.61 Å². The van der Waals surface area contributed by atoms with Crippen LogP contribution in [0.1, 0.15) is 26.7 Å². The third-order valence-electron chi connectivity index (χ3n) is 4.84. The van der Waals surface area contributed by atoms with Crippen molar-refractivity contribution in [2.24, 2.45) is 0 Å². The number of anilines is 1. The van der Waals surface area contributed by atoms with Crippen molar-refractivity contribution in [3.63, 3.8) is 0 Å². The van der Waals surface area contributed by atoms with Crippen molar-refractivity contribution < 1.29 is 19.1 Å². The van der Waals surface area contributed by atoms with Gasteiger partial charge in [0.1, 0.15) is 5.75 Å². The van der Waals surface area contributed by atoms with Crippen molar-refractivity contribution in [2.75, 3.05) is 44.2 Å². The second-order valence-corrected chi connectivity index (χ2v) is 7.27. The lowest BCUT2D eigenvalue weighted by Gasteiger charge is -2.35. The second-order valence-electron chi connectivity index (χ2n) is 7.27. The molecule has 2 atom stereocenters. The van der Waals surface area contributed by atoms with Crippen LogP contribution in [0.5, 0.6) is 5.75 Å². The van der Waals surface area contributed by atoms with Gasteiger partial charge in [0.25, 0.3) is 5.91 Å². The number of ether oxygens (including phenoxy) is 2. The summed E-state index contributed by atoms with van der Waals surface area (Å²) in [6.07, 6.45) is 1.71. The minimum atomic E-state index is -0.114. The van der Waals surface area contributed by atoms with Crippen molar-refractivity contribution in [3.05, 3.63) is 24.3 Å². The molecule has 0 radical (unpaired) electrons. The summed E-state index contributed by atoms with van der Waals surface area (Å²) in [6.45, 7) is 8.05. The smallest absolute Gasteiger partial charge is 0.265 e. The van der Waals surface area contributed by atoms with Crippen molar-refractivity contribution >= 4 is 17.5 Å². The standard InChI is InChI=1S/C20H29N3O4/c1-15-12-22(13-16(2)27-15)10-5-9-21-19(24)8-11-23-17-6-3-4-7-18(17)26-14-20(23)25/h3-4,6-7,15-16H,5,8-14H2,1-2H3,(H,21,24). The van der Waals surface area contributed by atoms with Gasteiger partial charge in [-0.15, -0.1) is 0 Å². The van der Waals surface area contributed by atoms with Crippen LogP contribution in [0, 0.1) is 0 Å². The number of rotatable bonds is 7. The minimum Gasteiger partial charge on any atom is -0.482 e. The minimum absolute atomic E-state index is 0.0228. The number of morpholine rings is 1. The Hall–Kier alpha value is -2.12. The molecule has 2 amide bonds.